The van der Waals surface area contributed by atoms with Crippen LogP contribution in [0.1, 0.15) is 30.4 Å². The van der Waals surface area contributed by atoms with Gasteiger partial charge in [0.25, 0.3) is 0 Å². The van der Waals surface area contributed by atoms with E-state index in [4.69, 9.17) is 10.6 Å². The highest BCUT2D eigenvalue weighted by Crippen LogP contribution is 2.44. The SMILES string of the molecule is CC[C@H](NOCC1c2ccccc2-c2ccccc21)C(N)=O. The molecule has 0 unspecified atom stereocenters. The van der Waals surface area contributed by atoms with Crippen molar-refractivity contribution < 1.29 is 9.63 Å². The van der Waals surface area contributed by atoms with Crippen molar-refractivity contribution >= 4 is 5.91 Å². The van der Waals surface area contributed by atoms with Gasteiger partial charge in [0.05, 0.1) is 6.61 Å². The number of carbonyl (C=O) groups excluding carboxylic acids is 1. The zero-order chi connectivity index (χ0) is 15.5. The average molecular weight is 296 g/mol. The summed E-state index contributed by atoms with van der Waals surface area (Å²) in [4.78, 5) is 16.8. The van der Waals surface area contributed by atoms with Crippen molar-refractivity contribution in [2.24, 2.45) is 5.73 Å². The molecule has 2 aromatic rings. The number of amides is 1. The molecule has 1 atom stereocenters. The predicted octanol–water partition coefficient (Wildman–Crippen LogP) is 2.58. The van der Waals surface area contributed by atoms with E-state index in [0.717, 1.165) is 0 Å². The Labute approximate surface area is 130 Å². The molecule has 0 fully saturated rings. The fourth-order valence-corrected chi connectivity index (χ4v) is 3.01. The van der Waals surface area contributed by atoms with Gasteiger partial charge in [0.1, 0.15) is 6.04 Å². The van der Waals surface area contributed by atoms with Gasteiger partial charge >= 0.3 is 0 Å². The second-order valence-corrected chi connectivity index (χ2v) is 5.52. The van der Waals surface area contributed by atoms with Crippen LogP contribution in [0.3, 0.4) is 0 Å². The summed E-state index contributed by atoms with van der Waals surface area (Å²) in [7, 11) is 0. The molecule has 0 aliphatic heterocycles. The molecule has 22 heavy (non-hydrogen) atoms. The monoisotopic (exact) mass is 296 g/mol. The van der Waals surface area contributed by atoms with E-state index < -0.39 is 11.9 Å². The number of fused-ring (bicyclic) bond motifs is 3. The zero-order valence-electron chi connectivity index (χ0n) is 12.6. The average Bonchev–Trinajstić information content (AvgIpc) is 2.86. The second kappa shape index (κ2) is 6.30. The normalized spacial score (nSPS) is 14.4. The van der Waals surface area contributed by atoms with Gasteiger partial charge in [-0.25, -0.2) is 0 Å². The molecular formula is C18H20N2O2. The second-order valence-electron chi connectivity index (χ2n) is 5.52. The first kappa shape index (κ1) is 14.8. The molecule has 0 saturated carbocycles. The van der Waals surface area contributed by atoms with E-state index in [2.05, 4.69) is 41.9 Å². The van der Waals surface area contributed by atoms with E-state index in [1.165, 1.54) is 22.3 Å². The van der Waals surface area contributed by atoms with Crippen molar-refractivity contribution in [1.82, 2.24) is 5.48 Å². The molecule has 0 aromatic heterocycles. The summed E-state index contributed by atoms with van der Waals surface area (Å²) in [5, 5.41) is 0. The van der Waals surface area contributed by atoms with Gasteiger partial charge in [0, 0.05) is 5.92 Å². The Morgan fingerprint density at radius 1 is 1.14 bits per heavy atom. The van der Waals surface area contributed by atoms with Crippen LogP contribution in [0.25, 0.3) is 11.1 Å². The molecule has 4 nitrogen and oxygen atoms in total. The number of rotatable bonds is 6. The van der Waals surface area contributed by atoms with Gasteiger partial charge < -0.3 is 10.6 Å². The highest BCUT2D eigenvalue weighted by Gasteiger charge is 2.28. The van der Waals surface area contributed by atoms with E-state index in [-0.39, 0.29) is 5.92 Å². The number of hydrogen-bond donors (Lipinski definition) is 2. The van der Waals surface area contributed by atoms with Crippen LogP contribution in [-0.2, 0) is 9.63 Å². The van der Waals surface area contributed by atoms with Gasteiger partial charge in [0.15, 0.2) is 0 Å². The maximum Gasteiger partial charge on any atom is 0.236 e. The molecule has 0 bridgehead atoms. The fraction of sp³-hybridized carbons (Fsp3) is 0.278. The van der Waals surface area contributed by atoms with Gasteiger partial charge in [0.2, 0.25) is 5.91 Å². The minimum atomic E-state index is -0.452. The van der Waals surface area contributed by atoms with Crippen molar-refractivity contribution in [3.8, 4) is 11.1 Å². The van der Waals surface area contributed by atoms with Crippen LogP contribution in [0.15, 0.2) is 48.5 Å². The van der Waals surface area contributed by atoms with E-state index in [0.29, 0.717) is 13.0 Å². The van der Waals surface area contributed by atoms with Crippen molar-refractivity contribution in [2.45, 2.75) is 25.3 Å². The third kappa shape index (κ3) is 2.63. The Kier molecular flexibility index (Phi) is 4.22. The van der Waals surface area contributed by atoms with Crippen LogP contribution in [0.2, 0.25) is 0 Å². The molecule has 1 aliphatic carbocycles. The van der Waals surface area contributed by atoms with Crippen LogP contribution in [-0.4, -0.2) is 18.6 Å². The Bertz CT molecular complexity index is 639. The van der Waals surface area contributed by atoms with Crippen LogP contribution >= 0.6 is 0 Å². The van der Waals surface area contributed by atoms with Crippen LogP contribution in [0.5, 0.6) is 0 Å². The smallest absolute Gasteiger partial charge is 0.236 e. The molecule has 0 saturated heterocycles. The molecule has 2 aromatic carbocycles. The fourth-order valence-electron chi connectivity index (χ4n) is 3.01. The quantitative estimate of drug-likeness (QED) is 0.805. The summed E-state index contributed by atoms with van der Waals surface area (Å²) in [5.74, 6) is -0.222. The number of carbonyl (C=O) groups is 1. The van der Waals surface area contributed by atoms with Gasteiger partial charge in [-0.05, 0) is 28.7 Å². The van der Waals surface area contributed by atoms with Gasteiger partial charge in [-0.3, -0.25) is 4.79 Å². The predicted molar refractivity (Wildman–Crippen MR) is 86.1 cm³/mol. The highest BCUT2D eigenvalue weighted by atomic mass is 16.6. The Hall–Kier alpha value is -2.17. The summed E-state index contributed by atoms with van der Waals surface area (Å²) in [6.07, 6.45) is 0.604. The summed E-state index contributed by atoms with van der Waals surface area (Å²) in [6, 6.07) is 16.3. The van der Waals surface area contributed by atoms with E-state index >= 15 is 0 Å². The molecule has 0 spiro atoms. The Balaban J connectivity index is 1.78. The summed E-state index contributed by atoms with van der Waals surface area (Å²) in [5.41, 5.74) is 13.1. The van der Waals surface area contributed by atoms with Gasteiger partial charge in [-0.15, -0.1) is 0 Å². The van der Waals surface area contributed by atoms with Crippen LogP contribution in [0.4, 0.5) is 0 Å². The number of hydroxylamine groups is 1. The first-order chi connectivity index (χ1) is 10.7. The van der Waals surface area contributed by atoms with Crippen molar-refractivity contribution in [3.63, 3.8) is 0 Å². The molecular weight excluding hydrogens is 276 g/mol. The highest BCUT2D eigenvalue weighted by molar-refractivity contribution is 5.79. The maximum absolute atomic E-state index is 11.2. The van der Waals surface area contributed by atoms with Crippen LogP contribution < -0.4 is 11.2 Å². The third-order valence-corrected chi connectivity index (χ3v) is 4.19. The van der Waals surface area contributed by atoms with Crippen molar-refractivity contribution in [3.05, 3.63) is 59.7 Å². The molecule has 3 rings (SSSR count). The third-order valence-electron chi connectivity index (χ3n) is 4.19. The minimum absolute atomic E-state index is 0.172. The summed E-state index contributed by atoms with van der Waals surface area (Å²) < 4.78 is 0. The lowest BCUT2D eigenvalue weighted by molar-refractivity contribution is -0.124. The zero-order valence-corrected chi connectivity index (χ0v) is 12.6. The largest absolute Gasteiger partial charge is 0.368 e. The molecule has 4 heteroatoms. The number of nitrogens with one attached hydrogen (secondary N) is 1. The number of nitrogens with two attached hydrogens (primary N) is 1. The summed E-state index contributed by atoms with van der Waals surface area (Å²) >= 11 is 0. The van der Waals surface area contributed by atoms with E-state index in [1.54, 1.807) is 0 Å². The molecule has 0 radical (unpaired) electrons. The topological polar surface area (TPSA) is 64.3 Å². The van der Waals surface area contributed by atoms with Gasteiger partial charge in [-0.1, -0.05) is 55.5 Å². The first-order valence-electron chi connectivity index (χ1n) is 7.57. The minimum Gasteiger partial charge on any atom is -0.368 e. The lowest BCUT2D eigenvalue weighted by Gasteiger charge is -2.17. The summed E-state index contributed by atoms with van der Waals surface area (Å²) in [6.45, 7) is 2.36. The lowest BCUT2D eigenvalue weighted by atomic mass is 9.98. The van der Waals surface area contributed by atoms with E-state index in [1.807, 2.05) is 19.1 Å². The standard InChI is InChI=1S/C18H20N2O2/c1-2-17(18(19)21)20-22-11-16-14-9-5-3-7-12(14)13-8-4-6-10-15(13)16/h3-10,16-17,20H,2,11H2,1H3,(H2,19,21)/t17-/m0/s1. The maximum atomic E-state index is 11.2. The van der Waals surface area contributed by atoms with E-state index in [9.17, 15) is 4.79 Å². The molecule has 0 heterocycles. The number of hydrogen-bond acceptors (Lipinski definition) is 3. The van der Waals surface area contributed by atoms with Crippen molar-refractivity contribution in [2.75, 3.05) is 6.61 Å². The molecule has 1 amide bonds. The van der Waals surface area contributed by atoms with Gasteiger partial charge in [-0.2, -0.15) is 5.48 Å². The Morgan fingerprint density at radius 3 is 2.18 bits per heavy atom. The van der Waals surface area contributed by atoms with Crippen LogP contribution in [0, 0.1) is 0 Å². The molecule has 114 valence electrons. The first-order valence-corrected chi connectivity index (χ1v) is 7.57. The molecule has 1 aliphatic rings. The lowest BCUT2D eigenvalue weighted by Crippen LogP contribution is -2.41. The molecule has 3 N–H and O–H groups in total. The number of primary amides is 1. The number of benzene rings is 2. The Morgan fingerprint density at radius 2 is 1.68 bits per heavy atom. The van der Waals surface area contributed by atoms with Crippen molar-refractivity contribution in [1.29, 1.82) is 0 Å².